The first-order valence-corrected chi connectivity index (χ1v) is 6.16. The van der Waals surface area contributed by atoms with Gasteiger partial charge in [0.15, 0.2) is 0 Å². The maximum absolute atomic E-state index is 12.1. The van der Waals surface area contributed by atoms with Crippen LogP contribution in [0.1, 0.15) is 47.4 Å². The van der Waals surface area contributed by atoms with Gasteiger partial charge in [-0.2, -0.15) is 5.10 Å². The summed E-state index contributed by atoms with van der Waals surface area (Å²) in [4.78, 5) is 12.1. The van der Waals surface area contributed by atoms with E-state index in [-0.39, 0.29) is 11.9 Å². The van der Waals surface area contributed by atoms with Crippen LogP contribution in [0.4, 0.5) is 0 Å². The molecule has 1 aromatic heterocycles. The standard InChI is InChI=1S/C12H20N4O/c1-7-11(8(2)16-15-7)12(17)14-10-5-3-9(13)4-6-10/h9-10H,3-6,13H2,1-2H3,(H,14,17)(H,15,16). The molecule has 5 heteroatoms. The quantitative estimate of drug-likeness (QED) is 0.717. The van der Waals surface area contributed by atoms with Crippen LogP contribution in [0, 0.1) is 13.8 Å². The molecule has 0 atom stereocenters. The minimum Gasteiger partial charge on any atom is -0.349 e. The molecule has 17 heavy (non-hydrogen) atoms. The van der Waals surface area contributed by atoms with E-state index >= 15 is 0 Å². The fourth-order valence-electron chi connectivity index (χ4n) is 2.41. The van der Waals surface area contributed by atoms with E-state index in [1.807, 2.05) is 13.8 Å². The van der Waals surface area contributed by atoms with Gasteiger partial charge in [-0.1, -0.05) is 0 Å². The van der Waals surface area contributed by atoms with E-state index in [9.17, 15) is 4.79 Å². The molecule has 0 unspecified atom stereocenters. The maximum atomic E-state index is 12.1. The fraction of sp³-hybridized carbons (Fsp3) is 0.667. The molecule has 0 aromatic carbocycles. The van der Waals surface area contributed by atoms with Gasteiger partial charge in [0.1, 0.15) is 0 Å². The van der Waals surface area contributed by atoms with Crippen LogP contribution >= 0.6 is 0 Å². The predicted octanol–water partition coefficient (Wildman–Crippen LogP) is 1.03. The monoisotopic (exact) mass is 236 g/mol. The fourth-order valence-corrected chi connectivity index (χ4v) is 2.41. The first-order chi connectivity index (χ1) is 8.08. The van der Waals surface area contributed by atoms with Crippen molar-refractivity contribution >= 4 is 5.91 Å². The molecule has 5 nitrogen and oxygen atoms in total. The van der Waals surface area contributed by atoms with Crippen LogP contribution in [0.5, 0.6) is 0 Å². The van der Waals surface area contributed by atoms with Gasteiger partial charge in [0.25, 0.3) is 5.91 Å². The predicted molar refractivity (Wildman–Crippen MR) is 65.8 cm³/mol. The highest BCUT2D eigenvalue weighted by atomic mass is 16.1. The molecule has 0 bridgehead atoms. The first kappa shape index (κ1) is 12.1. The summed E-state index contributed by atoms with van der Waals surface area (Å²) in [5.41, 5.74) is 8.11. The number of amides is 1. The van der Waals surface area contributed by atoms with Crippen molar-refractivity contribution in [2.45, 2.75) is 51.6 Å². The average molecular weight is 236 g/mol. The number of nitrogens with two attached hydrogens (primary N) is 1. The lowest BCUT2D eigenvalue weighted by atomic mass is 9.91. The van der Waals surface area contributed by atoms with Crippen molar-refractivity contribution in [3.8, 4) is 0 Å². The number of carbonyl (C=O) groups is 1. The Bertz CT molecular complexity index is 385. The third kappa shape index (κ3) is 2.66. The van der Waals surface area contributed by atoms with Gasteiger partial charge >= 0.3 is 0 Å². The number of rotatable bonds is 2. The van der Waals surface area contributed by atoms with Crippen molar-refractivity contribution in [1.82, 2.24) is 15.5 Å². The lowest BCUT2D eigenvalue weighted by Gasteiger charge is -2.26. The smallest absolute Gasteiger partial charge is 0.255 e. The number of carbonyl (C=O) groups excluding carboxylic acids is 1. The molecule has 1 aliphatic rings. The van der Waals surface area contributed by atoms with E-state index in [1.165, 1.54) is 0 Å². The summed E-state index contributed by atoms with van der Waals surface area (Å²) < 4.78 is 0. The minimum absolute atomic E-state index is 0.0192. The zero-order valence-corrected chi connectivity index (χ0v) is 10.4. The van der Waals surface area contributed by atoms with Crippen LogP contribution in [0.15, 0.2) is 0 Å². The number of aromatic amines is 1. The molecular weight excluding hydrogens is 216 g/mol. The van der Waals surface area contributed by atoms with Gasteiger partial charge in [-0.15, -0.1) is 0 Å². The van der Waals surface area contributed by atoms with E-state index in [2.05, 4.69) is 15.5 Å². The second-order valence-electron chi connectivity index (χ2n) is 4.89. The molecule has 4 N–H and O–H groups in total. The molecule has 0 aliphatic heterocycles. The van der Waals surface area contributed by atoms with Gasteiger partial charge in [-0.05, 0) is 39.5 Å². The van der Waals surface area contributed by atoms with Crippen molar-refractivity contribution in [2.24, 2.45) is 5.73 Å². The van der Waals surface area contributed by atoms with E-state index < -0.39 is 0 Å². The van der Waals surface area contributed by atoms with Gasteiger partial charge in [0.2, 0.25) is 0 Å². The maximum Gasteiger partial charge on any atom is 0.255 e. The highest BCUT2D eigenvalue weighted by Crippen LogP contribution is 2.18. The summed E-state index contributed by atoms with van der Waals surface area (Å²) in [5, 5.41) is 9.94. The van der Waals surface area contributed by atoms with Gasteiger partial charge < -0.3 is 11.1 Å². The SMILES string of the molecule is Cc1n[nH]c(C)c1C(=O)NC1CCC(N)CC1. The zero-order chi connectivity index (χ0) is 12.4. The minimum atomic E-state index is -0.0192. The highest BCUT2D eigenvalue weighted by molar-refractivity contribution is 5.96. The number of nitrogens with one attached hydrogen (secondary N) is 2. The Balaban J connectivity index is 1.98. The van der Waals surface area contributed by atoms with Crippen LogP contribution in [0.3, 0.4) is 0 Å². The van der Waals surface area contributed by atoms with E-state index in [0.29, 0.717) is 11.6 Å². The molecular formula is C12H20N4O. The first-order valence-electron chi connectivity index (χ1n) is 6.16. The third-order valence-electron chi connectivity index (χ3n) is 3.46. The number of hydrogen-bond acceptors (Lipinski definition) is 3. The van der Waals surface area contributed by atoms with Crippen LogP contribution in [0.25, 0.3) is 0 Å². The topological polar surface area (TPSA) is 83.8 Å². The van der Waals surface area contributed by atoms with E-state index in [4.69, 9.17) is 5.73 Å². The number of aryl methyl sites for hydroxylation is 2. The lowest BCUT2D eigenvalue weighted by Crippen LogP contribution is -2.40. The van der Waals surface area contributed by atoms with Crippen LogP contribution in [-0.2, 0) is 0 Å². The van der Waals surface area contributed by atoms with Crippen LogP contribution < -0.4 is 11.1 Å². The van der Waals surface area contributed by atoms with Crippen molar-refractivity contribution in [3.63, 3.8) is 0 Å². The third-order valence-corrected chi connectivity index (χ3v) is 3.46. The Morgan fingerprint density at radius 2 is 2.00 bits per heavy atom. The summed E-state index contributed by atoms with van der Waals surface area (Å²) in [7, 11) is 0. The Hall–Kier alpha value is -1.36. The van der Waals surface area contributed by atoms with Crippen LogP contribution in [-0.4, -0.2) is 28.2 Å². The molecule has 0 saturated heterocycles. The molecule has 94 valence electrons. The van der Waals surface area contributed by atoms with Crippen molar-refractivity contribution < 1.29 is 4.79 Å². The Morgan fingerprint density at radius 1 is 1.35 bits per heavy atom. The van der Waals surface area contributed by atoms with E-state index in [0.717, 1.165) is 37.1 Å². The summed E-state index contributed by atoms with van der Waals surface area (Å²) in [6.07, 6.45) is 3.94. The average Bonchev–Trinajstić information content (AvgIpc) is 2.62. The molecule has 0 radical (unpaired) electrons. The largest absolute Gasteiger partial charge is 0.349 e. The van der Waals surface area contributed by atoms with E-state index in [1.54, 1.807) is 0 Å². The number of H-pyrrole nitrogens is 1. The van der Waals surface area contributed by atoms with Gasteiger partial charge in [0, 0.05) is 17.8 Å². The normalized spacial score (nSPS) is 24.6. The van der Waals surface area contributed by atoms with Crippen molar-refractivity contribution in [3.05, 3.63) is 17.0 Å². The van der Waals surface area contributed by atoms with Gasteiger partial charge in [-0.3, -0.25) is 9.89 Å². The van der Waals surface area contributed by atoms with Crippen molar-refractivity contribution in [2.75, 3.05) is 0 Å². The molecule has 1 aliphatic carbocycles. The van der Waals surface area contributed by atoms with Gasteiger partial charge in [0.05, 0.1) is 11.3 Å². The summed E-state index contributed by atoms with van der Waals surface area (Å²) in [5.74, 6) is -0.0192. The number of aromatic nitrogens is 2. The summed E-state index contributed by atoms with van der Waals surface area (Å²) in [6, 6.07) is 0.566. The second-order valence-corrected chi connectivity index (χ2v) is 4.89. The highest BCUT2D eigenvalue weighted by Gasteiger charge is 2.22. The molecule has 1 heterocycles. The molecule has 1 saturated carbocycles. The molecule has 0 spiro atoms. The second kappa shape index (κ2) is 4.87. The molecule has 1 fully saturated rings. The molecule has 2 rings (SSSR count). The Labute approximate surface area is 101 Å². The van der Waals surface area contributed by atoms with Gasteiger partial charge in [-0.25, -0.2) is 0 Å². The number of hydrogen-bond donors (Lipinski definition) is 3. The van der Waals surface area contributed by atoms with Crippen molar-refractivity contribution in [1.29, 1.82) is 0 Å². The van der Waals surface area contributed by atoms with Crippen LogP contribution in [0.2, 0.25) is 0 Å². The Morgan fingerprint density at radius 3 is 2.53 bits per heavy atom. The summed E-state index contributed by atoms with van der Waals surface area (Å²) in [6.45, 7) is 3.71. The number of nitrogens with zero attached hydrogens (tertiary/aromatic N) is 1. The summed E-state index contributed by atoms with van der Waals surface area (Å²) >= 11 is 0. The molecule has 1 aromatic rings. The zero-order valence-electron chi connectivity index (χ0n) is 10.4. The lowest BCUT2D eigenvalue weighted by molar-refractivity contribution is 0.0924. The Kier molecular flexibility index (Phi) is 3.47. The molecule has 1 amide bonds.